The SMILES string of the molecule is CCc1[nH]n(-c2ccc(Cl)c(Cl)c2)c(=O)c1C1=C([n+]2ccccc2)C(=O)N(c2ccccc2)C1=O. The third-order valence-electron chi connectivity index (χ3n) is 5.78. The van der Waals surface area contributed by atoms with E-state index in [4.69, 9.17) is 23.2 Å². The first-order valence-electron chi connectivity index (χ1n) is 10.9. The van der Waals surface area contributed by atoms with E-state index >= 15 is 0 Å². The van der Waals surface area contributed by atoms with Crippen LogP contribution >= 0.6 is 23.2 Å². The topological polar surface area (TPSA) is 79.1 Å². The zero-order valence-electron chi connectivity index (χ0n) is 18.5. The van der Waals surface area contributed by atoms with Crippen molar-refractivity contribution in [3.63, 3.8) is 0 Å². The highest BCUT2D eigenvalue weighted by Crippen LogP contribution is 2.33. The minimum Gasteiger partial charge on any atom is -0.294 e. The molecule has 0 fully saturated rings. The van der Waals surface area contributed by atoms with Crippen molar-refractivity contribution >= 4 is 52.0 Å². The number of nitrogens with zero attached hydrogens (tertiary/aromatic N) is 3. The Morgan fingerprint density at radius 1 is 0.829 bits per heavy atom. The fraction of sp³-hybridized carbons (Fsp3) is 0.0769. The number of anilines is 1. The zero-order chi connectivity index (χ0) is 24.7. The van der Waals surface area contributed by atoms with E-state index in [1.807, 2.05) is 6.92 Å². The number of carbonyl (C=O) groups excluding carboxylic acids is 2. The number of imide groups is 1. The maximum absolute atomic E-state index is 13.8. The van der Waals surface area contributed by atoms with Crippen LogP contribution in [0.1, 0.15) is 18.2 Å². The van der Waals surface area contributed by atoms with Crippen LogP contribution in [0.4, 0.5) is 5.69 Å². The molecule has 7 nitrogen and oxygen atoms in total. The average Bonchev–Trinajstić information content (AvgIpc) is 3.33. The predicted octanol–water partition coefficient (Wildman–Crippen LogP) is 4.26. The quantitative estimate of drug-likeness (QED) is 0.325. The molecule has 1 N–H and O–H groups in total. The Morgan fingerprint density at radius 2 is 1.51 bits per heavy atom. The zero-order valence-corrected chi connectivity index (χ0v) is 20.0. The Balaban J connectivity index is 1.77. The van der Waals surface area contributed by atoms with E-state index in [9.17, 15) is 14.4 Å². The number of amides is 2. The number of hydrogen-bond donors (Lipinski definition) is 1. The predicted molar refractivity (Wildman–Crippen MR) is 134 cm³/mol. The second-order valence-corrected chi connectivity index (χ2v) is 8.66. The van der Waals surface area contributed by atoms with Gasteiger partial charge in [-0.3, -0.25) is 19.5 Å². The monoisotopic (exact) mass is 505 g/mol. The lowest BCUT2D eigenvalue weighted by Crippen LogP contribution is -2.39. The van der Waals surface area contributed by atoms with Crippen molar-refractivity contribution in [3.05, 3.63) is 111 Å². The van der Waals surface area contributed by atoms with Gasteiger partial charge in [0.05, 0.1) is 27.0 Å². The molecule has 2 amide bonds. The van der Waals surface area contributed by atoms with Crippen molar-refractivity contribution in [2.75, 3.05) is 4.90 Å². The molecule has 0 saturated carbocycles. The molecule has 0 atom stereocenters. The lowest BCUT2D eigenvalue weighted by Gasteiger charge is -2.13. The van der Waals surface area contributed by atoms with Crippen molar-refractivity contribution in [3.8, 4) is 5.69 Å². The van der Waals surface area contributed by atoms with Crippen molar-refractivity contribution in [2.45, 2.75) is 13.3 Å². The summed E-state index contributed by atoms with van der Waals surface area (Å²) in [5, 5.41) is 3.72. The number of aryl methyl sites for hydroxylation is 1. The van der Waals surface area contributed by atoms with Gasteiger partial charge in [-0.25, -0.2) is 9.58 Å². The Kier molecular flexibility index (Phi) is 5.88. The molecule has 2 aromatic carbocycles. The second kappa shape index (κ2) is 9.02. The Morgan fingerprint density at radius 3 is 2.17 bits per heavy atom. The molecule has 4 aromatic rings. The van der Waals surface area contributed by atoms with Crippen LogP contribution in [0, 0.1) is 0 Å². The molecule has 0 unspecified atom stereocenters. The van der Waals surface area contributed by atoms with Gasteiger partial charge >= 0.3 is 5.91 Å². The maximum Gasteiger partial charge on any atom is 0.331 e. The molecule has 0 radical (unpaired) electrons. The van der Waals surface area contributed by atoms with Gasteiger partial charge in [0.1, 0.15) is 5.57 Å². The molecule has 9 heteroatoms. The molecule has 1 aliphatic heterocycles. The molecular formula is C26H19Cl2N4O3+. The molecular weight excluding hydrogens is 487 g/mol. The number of aromatic nitrogens is 3. The second-order valence-electron chi connectivity index (χ2n) is 7.85. The highest BCUT2D eigenvalue weighted by molar-refractivity contribution is 6.53. The summed E-state index contributed by atoms with van der Waals surface area (Å²) < 4.78 is 2.87. The fourth-order valence-electron chi connectivity index (χ4n) is 4.14. The molecule has 0 bridgehead atoms. The lowest BCUT2D eigenvalue weighted by atomic mass is 10.0. The van der Waals surface area contributed by atoms with E-state index in [0.717, 1.165) is 4.90 Å². The van der Waals surface area contributed by atoms with Gasteiger partial charge in [-0.05, 0) is 36.8 Å². The Labute approximate surface area is 210 Å². The van der Waals surface area contributed by atoms with Gasteiger partial charge in [0.2, 0.25) is 0 Å². The number of benzene rings is 2. The normalized spacial score (nSPS) is 13.7. The van der Waals surface area contributed by atoms with Gasteiger partial charge in [0.25, 0.3) is 17.2 Å². The first-order valence-corrected chi connectivity index (χ1v) is 11.6. The largest absolute Gasteiger partial charge is 0.331 e. The molecule has 0 aliphatic carbocycles. The summed E-state index contributed by atoms with van der Waals surface area (Å²) in [4.78, 5) is 42.3. The first kappa shape index (κ1) is 22.8. The van der Waals surface area contributed by atoms with Crippen molar-refractivity contribution in [1.29, 1.82) is 0 Å². The highest BCUT2D eigenvalue weighted by Gasteiger charge is 2.48. The van der Waals surface area contributed by atoms with E-state index in [1.165, 1.54) is 4.68 Å². The molecule has 174 valence electrons. The number of pyridine rings is 1. The number of halogens is 2. The van der Waals surface area contributed by atoms with E-state index in [-0.39, 0.29) is 21.9 Å². The van der Waals surface area contributed by atoms with Crippen LogP contribution in [0.5, 0.6) is 0 Å². The van der Waals surface area contributed by atoms with Crippen molar-refractivity contribution < 1.29 is 14.2 Å². The number of para-hydroxylation sites is 1. The maximum atomic E-state index is 13.8. The number of aromatic amines is 1. The molecule has 0 saturated heterocycles. The summed E-state index contributed by atoms with van der Waals surface area (Å²) in [5.41, 5.74) is 1.20. The molecule has 2 aromatic heterocycles. The Hall–Kier alpha value is -3.94. The van der Waals surface area contributed by atoms with E-state index in [0.29, 0.717) is 28.5 Å². The smallest absolute Gasteiger partial charge is 0.294 e. The number of hydrogen-bond acceptors (Lipinski definition) is 3. The summed E-state index contributed by atoms with van der Waals surface area (Å²) >= 11 is 12.2. The molecule has 35 heavy (non-hydrogen) atoms. The van der Waals surface area contributed by atoms with E-state index < -0.39 is 17.4 Å². The lowest BCUT2D eigenvalue weighted by molar-refractivity contribution is -0.576. The van der Waals surface area contributed by atoms with Gasteiger partial charge < -0.3 is 0 Å². The van der Waals surface area contributed by atoms with Crippen LogP contribution in [-0.4, -0.2) is 21.6 Å². The van der Waals surface area contributed by atoms with Gasteiger partial charge in [0.15, 0.2) is 12.4 Å². The number of H-pyrrole nitrogens is 1. The van der Waals surface area contributed by atoms with Crippen LogP contribution in [0.3, 0.4) is 0 Å². The first-order chi connectivity index (χ1) is 16.9. The van der Waals surface area contributed by atoms with Crippen LogP contribution in [0.25, 0.3) is 17.0 Å². The summed E-state index contributed by atoms with van der Waals surface area (Å²) in [7, 11) is 0. The van der Waals surface area contributed by atoms with Gasteiger partial charge in [-0.2, -0.15) is 4.57 Å². The van der Waals surface area contributed by atoms with Crippen LogP contribution in [-0.2, 0) is 16.0 Å². The van der Waals surface area contributed by atoms with Crippen LogP contribution in [0.15, 0.2) is 83.9 Å². The molecule has 1 aliphatic rings. The van der Waals surface area contributed by atoms with E-state index in [1.54, 1.807) is 83.7 Å². The van der Waals surface area contributed by atoms with Crippen molar-refractivity contribution in [2.24, 2.45) is 0 Å². The Bertz CT molecular complexity index is 1560. The fourth-order valence-corrected chi connectivity index (χ4v) is 4.44. The number of nitrogens with one attached hydrogen (secondary N) is 1. The third-order valence-corrected chi connectivity index (χ3v) is 6.52. The van der Waals surface area contributed by atoms with E-state index in [2.05, 4.69) is 5.10 Å². The summed E-state index contributed by atoms with van der Waals surface area (Å²) in [6.45, 7) is 1.86. The minimum atomic E-state index is -0.570. The summed E-state index contributed by atoms with van der Waals surface area (Å²) in [6.07, 6.45) is 3.76. The number of carbonyl (C=O) groups is 2. The minimum absolute atomic E-state index is 0.0342. The van der Waals surface area contributed by atoms with Crippen LogP contribution < -0.4 is 15.0 Å². The standard InChI is InChI=1S/C26H18Cl2N4O3/c1-2-20-21(25(34)32(29-20)17-11-12-18(27)19(28)15-17)22-23(30-13-7-4-8-14-30)26(35)31(24(22)33)16-9-5-3-6-10-16/h3-15H,2H2,1H3/p+1. The van der Waals surface area contributed by atoms with Crippen molar-refractivity contribution in [1.82, 2.24) is 9.78 Å². The van der Waals surface area contributed by atoms with Crippen LogP contribution in [0.2, 0.25) is 10.0 Å². The molecule has 3 heterocycles. The van der Waals surface area contributed by atoms with Gasteiger partial charge in [0, 0.05) is 17.8 Å². The molecule has 0 spiro atoms. The average molecular weight is 506 g/mol. The highest BCUT2D eigenvalue weighted by atomic mass is 35.5. The van der Waals surface area contributed by atoms with Gasteiger partial charge in [-0.15, -0.1) is 0 Å². The third kappa shape index (κ3) is 3.79. The summed E-state index contributed by atoms with van der Waals surface area (Å²) in [5.74, 6) is -1.09. The van der Waals surface area contributed by atoms with Gasteiger partial charge in [-0.1, -0.05) is 54.4 Å². The number of rotatable bonds is 5. The summed E-state index contributed by atoms with van der Waals surface area (Å²) in [6, 6.07) is 18.7. The molecule has 5 rings (SSSR count).